The summed E-state index contributed by atoms with van der Waals surface area (Å²) in [4.78, 5) is 16.6. The fourth-order valence-corrected chi connectivity index (χ4v) is 3.54. The van der Waals surface area contributed by atoms with Crippen molar-refractivity contribution in [1.29, 1.82) is 0 Å². The molecule has 1 heterocycles. The third-order valence-corrected chi connectivity index (χ3v) is 5.59. The van der Waals surface area contributed by atoms with E-state index in [1.54, 1.807) is 5.38 Å². The van der Waals surface area contributed by atoms with Gasteiger partial charge in [0.1, 0.15) is 10.7 Å². The zero-order chi connectivity index (χ0) is 18.3. The van der Waals surface area contributed by atoms with E-state index in [-0.39, 0.29) is 42.3 Å². The Kier molecular flexibility index (Phi) is 11.8. The first-order chi connectivity index (χ1) is 12.0. The Bertz CT molecular complexity index is 677. The first-order valence-corrected chi connectivity index (χ1v) is 9.67. The van der Waals surface area contributed by atoms with Gasteiger partial charge in [-0.1, -0.05) is 44.2 Å². The lowest BCUT2D eigenvalue weighted by molar-refractivity contribution is 0.0929. The summed E-state index contributed by atoms with van der Waals surface area (Å²) in [5.41, 5.74) is 7.10. The predicted molar refractivity (Wildman–Crippen MR) is 118 cm³/mol. The number of nitrogens with zero attached hydrogens (tertiary/aromatic N) is 1. The summed E-state index contributed by atoms with van der Waals surface area (Å²) in [7, 11) is 0. The van der Waals surface area contributed by atoms with Gasteiger partial charge in [-0.15, -0.1) is 36.2 Å². The van der Waals surface area contributed by atoms with E-state index in [1.807, 2.05) is 18.2 Å². The van der Waals surface area contributed by atoms with Crippen LogP contribution < -0.4 is 16.4 Å². The highest BCUT2D eigenvalue weighted by atomic mass is 35.5. The zero-order valence-electron chi connectivity index (χ0n) is 16.0. The van der Waals surface area contributed by atoms with Crippen molar-refractivity contribution in [3.05, 3.63) is 52.0 Å². The lowest BCUT2D eigenvalue weighted by atomic mass is 9.90. The number of hydrogen-bond acceptors (Lipinski definition) is 5. The molecule has 5 nitrogen and oxygen atoms in total. The summed E-state index contributed by atoms with van der Waals surface area (Å²) >= 11 is 1.42. The van der Waals surface area contributed by atoms with Crippen LogP contribution in [0.25, 0.3) is 0 Å². The molecule has 1 aromatic carbocycles. The summed E-state index contributed by atoms with van der Waals surface area (Å²) in [5, 5.41) is 9.29. The highest BCUT2D eigenvalue weighted by Crippen LogP contribution is 2.21. The number of nitrogens with one attached hydrogen (secondary N) is 2. The molecule has 1 atom stereocenters. The number of halogens is 2. The van der Waals surface area contributed by atoms with E-state index in [2.05, 4.69) is 48.5 Å². The van der Waals surface area contributed by atoms with E-state index in [1.165, 1.54) is 16.9 Å². The lowest BCUT2D eigenvalue weighted by Gasteiger charge is -2.36. The minimum absolute atomic E-state index is 0. The molecule has 1 unspecified atom stereocenters. The Balaban J connectivity index is 0.00000338. The van der Waals surface area contributed by atoms with E-state index in [0.717, 1.165) is 17.8 Å². The first kappa shape index (κ1) is 25.8. The van der Waals surface area contributed by atoms with Gasteiger partial charge in [-0.05, 0) is 25.3 Å². The maximum Gasteiger partial charge on any atom is 0.270 e. The predicted octanol–water partition coefficient (Wildman–Crippen LogP) is 4.08. The van der Waals surface area contributed by atoms with E-state index >= 15 is 0 Å². The molecule has 0 radical (unpaired) electrons. The number of benzene rings is 1. The van der Waals surface area contributed by atoms with Gasteiger partial charge in [-0.2, -0.15) is 0 Å². The Morgan fingerprint density at radius 2 is 1.85 bits per heavy atom. The number of nitrogens with two attached hydrogens (primary N) is 1. The van der Waals surface area contributed by atoms with Crippen molar-refractivity contribution < 1.29 is 4.79 Å². The van der Waals surface area contributed by atoms with Gasteiger partial charge in [0.25, 0.3) is 5.91 Å². The minimum Gasteiger partial charge on any atom is -0.349 e. The Hall–Kier alpha value is -1.18. The number of aromatic nitrogens is 1. The van der Waals surface area contributed by atoms with Crippen LogP contribution in [-0.4, -0.2) is 23.0 Å². The first-order valence-electron chi connectivity index (χ1n) is 8.79. The molecule has 27 heavy (non-hydrogen) atoms. The summed E-state index contributed by atoms with van der Waals surface area (Å²) in [6.07, 6.45) is 1.85. The molecule has 2 aromatic rings. The molecule has 0 bridgehead atoms. The van der Waals surface area contributed by atoms with Crippen LogP contribution in [0, 0.1) is 0 Å². The number of amides is 1. The van der Waals surface area contributed by atoms with Crippen molar-refractivity contribution in [3.8, 4) is 0 Å². The number of thiazole rings is 1. The molecule has 0 saturated carbocycles. The quantitative estimate of drug-likeness (QED) is 0.557. The largest absolute Gasteiger partial charge is 0.349 e. The molecule has 0 fully saturated rings. The highest BCUT2D eigenvalue weighted by Gasteiger charge is 2.29. The molecule has 8 heteroatoms. The van der Waals surface area contributed by atoms with E-state index in [9.17, 15) is 4.79 Å². The summed E-state index contributed by atoms with van der Waals surface area (Å²) in [6.45, 7) is 7.38. The molecular formula is C19H30Cl2N4OS. The molecule has 0 aliphatic heterocycles. The maximum absolute atomic E-state index is 12.4. The van der Waals surface area contributed by atoms with Crippen molar-refractivity contribution >= 4 is 42.1 Å². The third-order valence-electron chi connectivity index (χ3n) is 4.72. The van der Waals surface area contributed by atoms with Gasteiger partial charge in [-0.25, -0.2) is 4.98 Å². The van der Waals surface area contributed by atoms with Crippen LogP contribution in [0.15, 0.2) is 35.7 Å². The Morgan fingerprint density at radius 1 is 1.22 bits per heavy atom. The smallest absolute Gasteiger partial charge is 0.270 e. The van der Waals surface area contributed by atoms with Crippen LogP contribution in [0.3, 0.4) is 0 Å². The zero-order valence-corrected chi connectivity index (χ0v) is 18.5. The van der Waals surface area contributed by atoms with Gasteiger partial charge < -0.3 is 16.4 Å². The van der Waals surface area contributed by atoms with Gasteiger partial charge in [0.15, 0.2) is 0 Å². The average Bonchev–Trinajstić information content (AvgIpc) is 3.15. The summed E-state index contributed by atoms with van der Waals surface area (Å²) in [6, 6.07) is 10.6. The number of rotatable bonds is 9. The SMILES string of the molecule is CCC(CC)(CNC(=O)c1csc(CN)n1)NC(C)c1ccccc1.Cl.Cl. The number of carbonyl (C=O) groups excluding carboxylic acids is 1. The van der Waals surface area contributed by atoms with Crippen molar-refractivity contribution in [2.45, 2.75) is 51.7 Å². The maximum atomic E-state index is 12.4. The molecule has 1 amide bonds. The van der Waals surface area contributed by atoms with Crippen molar-refractivity contribution in [3.63, 3.8) is 0 Å². The molecule has 152 valence electrons. The molecule has 0 spiro atoms. The molecule has 4 N–H and O–H groups in total. The second kappa shape index (κ2) is 12.3. The normalized spacial score (nSPS) is 11.9. The van der Waals surface area contributed by atoms with E-state index in [4.69, 9.17) is 5.73 Å². The monoisotopic (exact) mass is 432 g/mol. The van der Waals surface area contributed by atoms with Gasteiger partial charge in [0, 0.05) is 30.1 Å². The van der Waals surface area contributed by atoms with Crippen LogP contribution in [-0.2, 0) is 6.54 Å². The van der Waals surface area contributed by atoms with Gasteiger partial charge in [0.2, 0.25) is 0 Å². The molecule has 0 aliphatic rings. The standard InChI is InChI=1S/C19H28N4OS.2ClH/c1-4-19(5-2,23-14(3)15-9-7-6-8-10-15)13-21-18(24)16-12-25-17(11-20)22-16;;/h6-10,12,14,23H,4-5,11,13,20H2,1-3H3,(H,21,24);2*1H. The third kappa shape index (κ3) is 7.05. The van der Waals surface area contributed by atoms with Crippen LogP contribution in [0.4, 0.5) is 0 Å². The average molecular weight is 433 g/mol. The lowest BCUT2D eigenvalue weighted by Crippen LogP contribution is -2.53. The molecular weight excluding hydrogens is 403 g/mol. The topological polar surface area (TPSA) is 80.0 Å². The second-order valence-corrected chi connectivity index (χ2v) is 7.22. The van der Waals surface area contributed by atoms with Crippen LogP contribution >= 0.6 is 36.2 Å². The molecule has 1 aromatic heterocycles. The van der Waals surface area contributed by atoms with Gasteiger partial charge in [0.05, 0.1) is 0 Å². The van der Waals surface area contributed by atoms with Crippen LogP contribution in [0.2, 0.25) is 0 Å². The Labute approximate surface area is 178 Å². The summed E-state index contributed by atoms with van der Waals surface area (Å²) < 4.78 is 0. The fraction of sp³-hybridized carbons (Fsp3) is 0.474. The van der Waals surface area contributed by atoms with Crippen molar-refractivity contribution in [2.75, 3.05) is 6.54 Å². The highest BCUT2D eigenvalue weighted by molar-refractivity contribution is 7.09. The summed E-state index contributed by atoms with van der Waals surface area (Å²) in [5.74, 6) is -0.142. The van der Waals surface area contributed by atoms with E-state index < -0.39 is 0 Å². The minimum atomic E-state index is -0.155. The van der Waals surface area contributed by atoms with Gasteiger partial charge in [-0.3, -0.25) is 4.79 Å². The Morgan fingerprint density at radius 3 is 2.37 bits per heavy atom. The number of carbonyl (C=O) groups is 1. The second-order valence-electron chi connectivity index (χ2n) is 6.28. The number of hydrogen-bond donors (Lipinski definition) is 3. The fourth-order valence-electron chi connectivity index (χ4n) is 2.89. The van der Waals surface area contributed by atoms with Gasteiger partial charge >= 0.3 is 0 Å². The molecule has 2 rings (SSSR count). The molecule has 0 saturated heterocycles. The van der Waals surface area contributed by atoms with Crippen LogP contribution in [0.5, 0.6) is 0 Å². The van der Waals surface area contributed by atoms with E-state index in [0.29, 0.717) is 18.8 Å². The van der Waals surface area contributed by atoms with Crippen LogP contribution in [0.1, 0.15) is 60.7 Å². The molecule has 0 aliphatic carbocycles. The van der Waals surface area contributed by atoms with Crippen molar-refractivity contribution in [2.24, 2.45) is 5.73 Å². The van der Waals surface area contributed by atoms with Crippen molar-refractivity contribution in [1.82, 2.24) is 15.6 Å².